The van der Waals surface area contributed by atoms with Gasteiger partial charge in [0.15, 0.2) is 21.3 Å². The first-order valence-corrected chi connectivity index (χ1v) is 11.4. The Morgan fingerprint density at radius 3 is 2.50 bits per heavy atom. The Kier molecular flexibility index (Phi) is 6.02. The largest absolute Gasteiger partial charge is 0.573 e. The molecular formula is C17H15ClF3NO4S2. The molecule has 0 N–H and O–H groups in total. The van der Waals surface area contributed by atoms with Gasteiger partial charge in [0.1, 0.15) is 5.15 Å². The first-order valence-electron chi connectivity index (χ1n) is 8.02. The Bertz CT molecular complexity index is 969. The number of sulfone groups is 1. The standard InChI is InChI=1S/C17H15ClF3NO4S2/c1-28(23,24)11-8-14(27-9-11)10-6-15(18)22-16(7-10)25-12-4-2-3-5-13(12)26-17(19,20)21/h2-7,11,14H,8-9H2,1H3. The summed E-state index contributed by atoms with van der Waals surface area (Å²) in [7, 11) is -3.16. The summed E-state index contributed by atoms with van der Waals surface area (Å²) < 4.78 is 70.6. The normalized spacial score (nSPS) is 20.2. The minimum atomic E-state index is -4.87. The van der Waals surface area contributed by atoms with Gasteiger partial charge in [-0.2, -0.15) is 11.8 Å². The lowest BCUT2D eigenvalue weighted by Gasteiger charge is -2.15. The topological polar surface area (TPSA) is 65.5 Å². The molecule has 2 aromatic rings. The summed E-state index contributed by atoms with van der Waals surface area (Å²) >= 11 is 7.51. The number of ether oxygens (including phenoxy) is 2. The lowest BCUT2D eigenvalue weighted by molar-refractivity contribution is -0.275. The van der Waals surface area contributed by atoms with E-state index in [0.717, 1.165) is 6.07 Å². The van der Waals surface area contributed by atoms with Crippen molar-refractivity contribution in [3.05, 3.63) is 47.1 Å². The highest BCUT2D eigenvalue weighted by atomic mass is 35.5. The number of hydrogen-bond donors (Lipinski definition) is 0. The van der Waals surface area contributed by atoms with E-state index in [2.05, 4.69) is 9.72 Å². The Hall–Kier alpha value is -1.65. The molecular weight excluding hydrogens is 439 g/mol. The van der Waals surface area contributed by atoms with Crippen molar-refractivity contribution in [3.8, 4) is 17.4 Å². The first kappa shape index (κ1) is 21.1. The van der Waals surface area contributed by atoms with Crippen LogP contribution in [0.5, 0.6) is 17.4 Å². The summed E-state index contributed by atoms with van der Waals surface area (Å²) in [5.74, 6) is -0.231. The highest BCUT2D eigenvalue weighted by Gasteiger charge is 2.34. The number of hydrogen-bond acceptors (Lipinski definition) is 6. The van der Waals surface area contributed by atoms with Crippen LogP contribution in [0.3, 0.4) is 0 Å². The molecule has 1 fully saturated rings. The van der Waals surface area contributed by atoms with Crippen LogP contribution in [-0.2, 0) is 9.84 Å². The van der Waals surface area contributed by atoms with E-state index in [0.29, 0.717) is 17.7 Å². The molecule has 0 aliphatic carbocycles. The Morgan fingerprint density at radius 2 is 1.89 bits per heavy atom. The molecule has 0 radical (unpaired) electrons. The second-order valence-electron chi connectivity index (χ2n) is 6.17. The molecule has 2 unspecified atom stereocenters. The maximum absolute atomic E-state index is 12.6. The Balaban J connectivity index is 1.84. The summed E-state index contributed by atoms with van der Waals surface area (Å²) in [5.41, 5.74) is 0.695. The average molecular weight is 454 g/mol. The van der Waals surface area contributed by atoms with Gasteiger partial charge in [-0.25, -0.2) is 13.4 Å². The second-order valence-corrected chi connectivity index (χ2v) is 10.1. The van der Waals surface area contributed by atoms with Crippen molar-refractivity contribution in [2.75, 3.05) is 12.0 Å². The van der Waals surface area contributed by atoms with Crippen LogP contribution in [0.15, 0.2) is 36.4 Å². The monoisotopic (exact) mass is 453 g/mol. The van der Waals surface area contributed by atoms with Crippen molar-refractivity contribution in [1.82, 2.24) is 4.98 Å². The SMILES string of the molecule is CS(=O)(=O)C1CSC(c2cc(Cl)nc(Oc3ccccc3OC(F)(F)F)c2)C1. The van der Waals surface area contributed by atoms with Crippen LogP contribution in [0.25, 0.3) is 0 Å². The molecule has 3 rings (SSSR count). The highest BCUT2D eigenvalue weighted by molar-refractivity contribution is 8.01. The fraction of sp³-hybridized carbons (Fsp3) is 0.353. The molecule has 0 saturated carbocycles. The van der Waals surface area contributed by atoms with Gasteiger partial charge in [0.05, 0.1) is 5.25 Å². The number of thioether (sulfide) groups is 1. The molecule has 1 saturated heterocycles. The van der Waals surface area contributed by atoms with Gasteiger partial charge in [-0.05, 0) is 30.2 Å². The maximum atomic E-state index is 12.6. The highest BCUT2D eigenvalue weighted by Crippen LogP contribution is 2.44. The fourth-order valence-electron chi connectivity index (χ4n) is 2.71. The molecule has 2 atom stereocenters. The van der Waals surface area contributed by atoms with Gasteiger partial charge in [-0.3, -0.25) is 0 Å². The number of alkyl halides is 3. The first-order chi connectivity index (χ1) is 13.0. The maximum Gasteiger partial charge on any atom is 0.573 e. The van der Waals surface area contributed by atoms with E-state index in [1.807, 2.05) is 0 Å². The van der Waals surface area contributed by atoms with Crippen LogP contribution >= 0.6 is 23.4 Å². The number of para-hydroxylation sites is 2. The van der Waals surface area contributed by atoms with Crippen LogP contribution in [0, 0.1) is 0 Å². The summed E-state index contributed by atoms with van der Waals surface area (Å²) in [6, 6.07) is 8.44. The summed E-state index contributed by atoms with van der Waals surface area (Å²) in [5, 5.41) is -0.505. The molecule has 2 heterocycles. The zero-order chi connectivity index (χ0) is 20.5. The van der Waals surface area contributed by atoms with Crippen molar-refractivity contribution in [2.24, 2.45) is 0 Å². The van der Waals surface area contributed by atoms with E-state index in [4.69, 9.17) is 16.3 Å². The van der Waals surface area contributed by atoms with Crippen molar-refractivity contribution in [3.63, 3.8) is 0 Å². The molecule has 1 aromatic heterocycles. The molecule has 152 valence electrons. The number of halogens is 4. The fourth-order valence-corrected chi connectivity index (χ4v) is 6.09. The van der Waals surface area contributed by atoms with Gasteiger partial charge in [0, 0.05) is 23.3 Å². The molecule has 1 aliphatic rings. The van der Waals surface area contributed by atoms with Gasteiger partial charge >= 0.3 is 6.36 Å². The van der Waals surface area contributed by atoms with E-state index < -0.39 is 27.2 Å². The van der Waals surface area contributed by atoms with Crippen LogP contribution in [0.2, 0.25) is 5.15 Å². The molecule has 0 amide bonds. The van der Waals surface area contributed by atoms with Crippen molar-refractivity contribution < 1.29 is 31.1 Å². The summed E-state index contributed by atoms with van der Waals surface area (Å²) in [4.78, 5) is 3.98. The minimum Gasteiger partial charge on any atom is -0.435 e. The molecule has 0 bridgehead atoms. The number of aromatic nitrogens is 1. The quantitative estimate of drug-likeness (QED) is 0.592. The number of nitrogens with zero attached hydrogens (tertiary/aromatic N) is 1. The molecule has 11 heteroatoms. The summed E-state index contributed by atoms with van der Waals surface area (Å²) in [6.45, 7) is 0. The van der Waals surface area contributed by atoms with Crippen LogP contribution in [0.4, 0.5) is 13.2 Å². The molecule has 1 aliphatic heterocycles. The smallest absolute Gasteiger partial charge is 0.435 e. The van der Waals surface area contributed by atoms with E-state index >= 15 is 0 Å². The van der Waals surface area contributed by atoms with E-state index in [1.165, 1.54) is 36.2 Å². The van der Waals surface area contributed by atoms with Crippen LogP contribution in [0.1, 0.15) is 17.2 Å². The van der Waals surface area contributed by atoms with Crippen LogP contribution < -0.4 is 9.47 Å². The molecule has 28 heavy (non-hydrogen) atoms. The average Bonchev–Trinajstić information content (AvgIpc) is 3.05. The third kappa shape index (κ3) is 5.45. The Labute approximate surface area is 169 Å². The molecule has 5 nitrogen and oxygen atoms in total. The van der Waals surface area contributed by atoms with Gasteiger partial charge in [-0.1, -0.05) is 23.7 Å². The van der Waals surface area contributed by atoms with Crippen molar-refractivity contribution in [2.45, 2.75) is 23.3 Å². The van der Waals surface area contributed by atoms with E-state index in [-0.39, 0.29) is 22.0 Å². The van der Waals surface area contributed by atoms with Gasteiger partial charge in [0.25, 0.3) is 0 Å². The van der Waals surface area contributed by atoms with Gasteiger partial charge < -0.3 is 9.47 Å². The number of pyridine rings is 1. The number of benzene rings is 1. The molecule has 0 spiro atoms. The van der Waals surface area contributed by atoms with E-state index in [1.54, 1.807) is 12.1 Å². The molecule has 1 aromatic carbocycles. The van der Waals surface area contributed by atoms with E-state index in [9.17, 15) is 21.6 Å². The van der Waals surface area contributed by atoms with Gasteiger partial charge in [0.2, 0.25) is 5.88 Å². The Morgan fingerprint density at radius 1 is 1.21 bits per heavy atom. The van der Waals surface area contributed by atoms with Crippen LogP contribution in [-0.4, -0.2) is 37.0 Å². The predicted molar refractivity (Wildman–Crippen MR) is 101 cm³/mol. The third-order valence-electron chi connectivity index (χ3n) is 4.02. The van der Waals surface area contributed by atoms with Crippen molar-refractivity contribution in [1.29, 1.82) is 0 Å². The zero-order valence-corrected chi connectivity index (χ0v) is 16.8. The lowest BCUT2D eigenvalue weighted by Crippen LogP contribution is -2.18. The van der Waals surface area contributed by atoms with Gasteiger partial charge in [-0.15, -0.1) is 13.2 Å². The number of rotatable bonds is 5. The minimum absolute atomic E-state index is 0.0101. The lowest BCUT2D eigenvalue weighted by atomic mass is 10.1. The summed E-state index contributed by atoms with van der Waals surface area (Å²) in [6.07, 6.45) is -3.25. The third-order valence-corrected chi connectivity index (χ3v) is 7.46. The predicted octanol–water partition coefficient (Wildman–Crippen LogP) is 5.02. The second kappa shape index (κ2) is 8.00. The van der Waals surface area contributed by atoms with Crippen molar-refractivity contribution >= 4 is 33.2 Å². The zero-order valence-electron chi connectivity index (χ0n) is 14.4.